The molecule has 3 fully saturated rings. The summed E-state index contributed by atoms with van der Waals surface area (Å²) in [6.07, 6.45) is 0.865. The highest BCUT2D eigenvalue weighted by Gasteiger charge is 2.70. The minimum atomic E-state index is -1.20. The van der Waals surface area contributed by atoms with E-state index in [2.05, 4.69) is 10.3 Å². The molecule has 264 valence electrons. The first-order valence-corrected chi connectivity index (χ1v) is 19.0. The number of carbonyl (C=O) groups excluding carboxylic acids is 3. The number of ether oxygens (including phenoxy) is 2. The van der Waals surface area contributed by atoms with E-state index in [-0.39, 0.29) is 58.6 Å². The molecule has 2 saturated carbocycles. The van der Waals surface area contributed by atoms with Crippen molar-refractivity contribution in [3.8, 4) is 11.5 Å². The number of aliphatic carboxylic acids is 1. The van der Waals surface area contributed by atoms with Crippen LogP contribution in [0.5, 0.6) is 11.5 Å². The molecule has 0 spiro atoms. The number of carboxylic acids is 1. The molecule has 2 aliphatic heterocycles. The van der Waals surface area contributed by atoms with Crippen molar-refractivity contribution in [3.05, 3.63) is 66.6 Å². The van der Waals surface area contributed by atoms with Crippen LogP contribution in [0.15, 0.2) is 46.2 Å². The van der Waals surface area contributed by atoms with Crippen molar-refractivity contribution in [1.29, 1.82) is 0 Å². The number of aromatic nitrogens is 1. The monoisotopic (exact) mass is 759 g/mol. The number of halogens is 2. The van der Waals surface area contributed by atoms with E-state index in [0.717, 1.165) is 31.7 Å². The maximum Gasteiger partial charge on any atom is 0.326 e. The van der Waals surface area contributed by atoms with Gasteiger partial charge in [0.05, 0.1) is 33.5 Å². The fourth-order valence-corrected chi connectivity index (χ4v) is 11.7. The molecule has 4 aliphatic rings. The Morgan fingerprint density at radius 2 is 1.76 bits per heavy atom. The summed E-state index contributed by atoms with van der Waals surface area (Å²) in [5.41, 5.74) is 1.32. The molecule has 50 heavy (non-hydrogen) atoms. The van der Waals surface area contributed by atoms with Gasteiger partial charge in [-0.25, -0.2) is 4.79 Å². The van der Waals surface area contributed by atoms with Crippen LogP contribution in [-0.2, 0) is 19.2 Å². The number of rotatable bonds is 11. The van der Waals surface area contributed by atoms with Crippen LogP contribution in [0.4, 0.5) is 5.69 Å². The largest absolute Gasteiger partial charge is 0.490 e. The van der Waals surface area contributed by atoms with Crippen LogP contribution in [0.25, 0.3) is 0 Å². The zero-order chi connectivity index (χ0) is 35.6. The van der Waals surface area contributed by atoms with Crippen LogP contribution < -0.4 is 19.7 Å². The predicted octanol–water partition coefficient (Wildman–Crippen LogP) is 6.13. The minimum Gasteiger partial charge on any atom is -0.490 e. The Hall–Kier alpha value is -3.52. The lowest BCUT2D eigenvalue weighted by molar-refractivity contribution is -0.156. The van der Waals surface area contributed by atoms with Crippen molar-refractivity contribution in [3.63, 3.8) is 0 Å². The van der Waals surface area contributed by atoms with Gasteiger partial charge in [0, 0.05) is 21.7 Å². The topological polar surface area (TPSA) is 155 Å². The number of benzene rings is 2. The number of hydrogen-bond acceptors (Lipinski definition) is 9. The van der Waals surface area contributed by atoms with E-state index >= 15 is 0 Å². The fourth-order valence-electron chi connectivity index (χ4n) is 8.50. The average molecular weight is 761 g/mol. The third-order valence-electron chi connectivity index (χ3n) is 10.2. The normalized spacial score (nSPS) is 26.8. The van der Waals surface area contributed by atoms with Crippen molar-refractivity contribution in [2.75, 3.05) is 18.5 Å². The van der Waals surface area contributed by atoms with E-state index in [1.807, 2.05) is 32.9 Å². The number of thioether (sulfide) groups is 1. The van der Waals surface area contributed by atoms with Gasteiger partial charge in [0.25, 0.3) is 5.91 Å². The van der Waals surface area contributed by atoms with Gasteiger partial charge in [0.1, 0.15) is 6.04 Å². The summed E-state index contributed by atoms with van der Waals surface area (Å²) in [5.74, 6) is -3.49. The smallest absolute Gasteiger partial charge is 0.326 e. The molecule has 2 aliphatic carbocycles. The van der Waals surface area contributed by atoms with E-state index in [1.54, 1.807) is 36.0 Å². The maximum absolute atomic E-state index is 14.0. The molecule has 3 aromatic rings. The van der Waals surface area contributed by atoms with Crippen molar-refractivity contribution in [2.45, 2.75) is 55.8 Å². The summed E-state index contributed by atoms with van der Waals surface area (Å²) in [5, 5.41) is 14.1. The van der Waals surface area contributed by atoms with Gasteiger partial charge in [-0.05, 0) is 79.3 Å². The molecule has 1 saturated heterocycles. The molecule has 7 rings (SSSR count). The van der Waals surface area contributed by atoms with Crippen LogP contribution in [0.3, 0.4) is 0 Å². The highest BCUT2D eigenvalue weighted by Crippen LogP contribution is 2.68. The van der Waals surface area contributed by atoms with E-state index in [9.17, 15) is 29.1 Å². The lowest BCUT2D eigenvalue weighted by atomic mass is 9.68. The fraction of sp³-hybridized carbons (Fsp3) is 0.457. The van der Waals surface area contributed by atoms with E-state index in [0.29, 0.717) is 40.3 Å². The molecule has 2 bridgehead atoms. The van der Waals surface area contributed by atoms with Gasteiger partial charge in [-0.15, -0.1) is 11.8 Å². The summed E-state index contributed by atoms with van der Waals surface area (Å²) in [7, 11) is 0. The van der Waals surface area contributed by atoms with Crippen LogP contribution >= 0.6 is 46.3 Å². The van der Waals surface area contributed by atoms with E-state index in [4.69, 9.17) is 32.7 Å². The number of thiazole rings is 1. The quantitative estimate of drug-likeness (QED) is 0.196. The van der Waals surface area contributed by atoms with Crippen LogP contribution in [0.2, 0.25) is 10.0 Å². The zero-order valence-electron chi connectivity index (χ0n) is 27.3. The number of nitrogens with zero attached hydrogens (tertiary/aromatic N) is 1. The Balaban J connectivity index is 1.18. The number of likely N-dealkylation sites (tertiary alicyclic amines) is 1. The number of amides is 3. The lowest BCUT2D eigenvalue weighted by Gasteiger charge is -2.43. The van der Waals surface area contributed by atoms with Gasteiger partial charge < -0.3 is 24.9 Å². The molecule has 11 nitrogen and oxygen atoms in total. The van der Waals surface area contributed by atoms with Crippen molar-refractivity contribution >= 4 is 75.7 Å². The third kappa shape index (κ3) is 5.99. The van der Waals surface area contributed by atoms with Crippen LogP contribution in [0.1, 0.15) is 50.0 Å². The Kier molecular flexibility index (Phi) is 9.46. The first-order valence-electron chi connectivity index (χ1n) is 16.5. The number of H-pyrrole nitrogens is 1. The molecule has 3 heterocycles. The Morgan fingerprint density at radius 3 is 2.44 bits per heavy atom. The molecule has 3 amide bonds. The van der Waals surface area contributed by atoms with E-state index < -0.39 is 35.7 Å². The molecule has 3 N–H and O–H groups in total. The summed E-state index contributed by atoms with van der Waals surface area (Å²) in [4.78, 5) is 70.4. The van der Waals surface area contributed by atoms with E-state index in [1.165, 1.54) is 0 Å². The first kappa shape index (κ1) is 34.9. The van der Waals surface area contributed by atoms with Crippen molar-refractivity contribution in [2.24, 2.45) is 35.5 Å². The van der Waals surface area contributed by atoms with Gasteiger partial charge >= 0.3 is 10.8 Å². The number of carboxylic acid groups (broad SMARTS) is 1. The number of carbonyl (C=O) groups is 4. The number of hydrogen-bond donors (Lipinski definition) is 3. The summed E-state index contributed by atoms with van der Waals surface area (Å²) in [6.45, 7) is 5.61. The zero-order valence-corrected chi connectivity index (χ0v) is 30.5. The first-order chi connectivity index (χ1) is 23.9. The molecule has 8 atom stereocenters. The Labute approximate surface area is 306 Å². The number of nitrogens with one attached hydrogen (secondary N) is 2. The summed E-state index contributed by atoms with van der Waals surface area (Å²) in [6, 6.07) is 9.05. The molecule has 7 unspecified atom stereocenters. The standard InChI is InChI=1S/C35H35Cl2N3O8S2/c1-4-47-23-10-15(5-8-22(23)48-13-24(41)38-16-6-7-19(36)20(37)11-16)25-26-17-12-18(29(26)49-31-30(25)50-35(46)39-31)28-27(17)32(42)40(33(28)43)21(34(44)45)9-14(2)3/h5-8,10-11,14,17-18,21,25-29H,4,9,12-13H2,1-3H3,(H,38,41)(H,39,46)(H,44,45)/t17?,18?,21?,25-,26?,27?,28?,29?/m1/s1. The number of anilines is 1. The Morgan fingerprint density at radius 1 is 1.02 bits per heavy atom. The summed E-state index contributed by atoms with van der Waals surface area (Å²) >= 11 is 14.7. The lowest BCUT2D eigenvalue weighted by Crippen LogP contribution is -2.47. The van der Waals surface area contributed by atoms with Crippen molar-refractivity contribution < 1.29 is 33.8 Å². The highest BCUT2D eigenvalue weighted by molar-refractivity contribution is 8.00. The predicted molar refractivity (Wildman–Crippen MR) is 189 cm³/mol. The van der Waals surface area contributed by atoms with Gasteiger partial charge in [0.15, 0.2) is 18.1 Å². The van der Waals surface area contributed by atoms with Gasteiger partial charge in [-0.3, -0.25) is 24.1 Å². The van der Waals surface area contributed by atoms with Crippen molar-refractivity contribution in [1.82, 2.24) is 9.88 Å². The number of aromatic amines is 1. The van der Waals surface area contributed by atoms with Crippen LogP contribution in [-0.4, -0.2) is 63.2 Å². The SMILES string of the molecule is CCOc1cc([C@H]2c3sc(=O)[nH]c3SC3C4CC(C5C(=O)N(C(CC(C)C)C(=O)O)C(=O)C45)C32)ccc1OCC(=O)Nc1ccc(Cl)c(Cl)c1. The molecule has 2 aromatic carbocycles. The second-order valence-electron chi connectivity index (χ2n) is 13.6. The second-order valence-corrected chi connectivity index (χ2v) is 16.6. The third-order valence-corrected chi connectivity index (χ3v) is 13.6. The van der Waals surface area contributed by atoms with Gasteiger partial charge in [0.2, 0.25) is 11.8 Å². The highest BCUT2D eigenvalue weighted by atomic mass is 35.5. The molecular formula is C35H35Cl2N3O8S2. The summed E-state index contributed by atoms with van der Waals surface area (Å²) < 4.78 is 11.9. The second kappa shape index (κ2) is 13.6. The molecule has 15 heteroatoms. The maximum atomic E-state index is 14.0. The van der Waals surface area contributed by atoms with Gasteiger partial charge in [-0.1, -0.05) is 54.5 Å². The molecular weight excluding hydrogens is 725 g/mol. The molecule has 1 aromatic heterocycles. The van der Waals surface area contributed by atoms with Crippen LogP contribution in [0, 0.1) is 35.5 Å². The minimum absolute atomic E-state index is 0.0207. The average Bonchev–Trinajstić information content (AvgIpc) is 3.80. The Bertz CT molecular complexity index is 1950. The number of imide groups is 1. The number of fused-ring (bicyclic) bond motifs is 9. The van der Waals surface area contributed by atoms with Gasteiger partial charge in [-0.2, -0.15) is 0 Å². The molecule has 0 radical (unpaired) electrons.